The van der Waals surface area contributed by atoms with E-state index in [0.717, 1.165) is 6.42 Å². The van der Waals surface area contributed by atoms with Crippen LogP contribution in [0.4, 0.5) is 0 Å². The van der Waals surface area contributed by atoms with Gasteiger partial charge in [0, 0.05) is 26.4 Å². The van der Waals surface area contributed by atoms with Crippen molar-refractivity contribution < 1.29 is 24.2 Å². The van der Waals surface area contributed by atoms with E-state index in [1.54, 1.807) is 6.92 Å². The highest BCUT2D eigenvalue weighted by atomic mass is 16.5. The van der Waals surface area contributed by atoms with E-state index in [0.29, 0.717) is 38.6 Å². The van der Waals surface area contributed by atoms with Crippen LogP contribution in [-0.2, 0) is 19.1 Å². The van der Waals surface area contributed by atoms with E-state index < -0.39 is 17.5 Å². The number of hydrogen-bond acceptors (Lipinski definition) is 4. The van der Waals surface area contributed by atoms with E-state index in [4.69, 9.17) is 9.47 Å². The summed E-state index contributed by atoms with van der Waals surface area (Å²) < 4.78 is 10.7. The Balaban J connectivity index is 2.40. The molecular weight excluding hydrogens is 274 g/mol. The van der Waals surface area contributed by atoms with Crippen LogP contribution in [0.1, 0.15) is 40.0 Å². The van der Waals surface area contributed by atoms with Gasteiger partial charge in [-0.05, 0) is 32.1 Å². The first-order valence-corrected chi connectivity index (χ1v) is 7.58. The van der Waals surface area contributed by atoms with Gasteiger partial charge >= 0.3 is 5.97 Å². The molecule has 1 heterocycles. The fourth-order valence-electron chi connectivity index (χ4n) is 2.18. The highest BCUT2D eigenvalue weighted by molar-refractivity contribution is 5.82. The van der Waals surface area contributed by atoms with Gasteiger partial charge in [-0.15, -0.1) is 0 Å². The molecule has 0 spiro atoms. The van der Waals surface area contributed by atoms with Gasteiger partial charge in [-0.1, -0.05) is 13.8 Å². The van der Waals surface area contributed by atoms with Crippen LogP contribution in [0, 0.1) is 11.3 Å². The Morgan fingerprint density at radius 1 is 1.29 bits per heavy atom. The summed E-state index contributed by atoms with van der Waals surface area (Å²) in [6.07, 6.45) is 1.18. The van der Waals surface area contributed by atoms with E-state index in [9.17, 15) is 14.7 Å². The van der Waals surface area contributed by atoms with Gasteiger partial charge in [0.25, 0.3) is 0 Å². The maximum absolute atomic E-state index is 12.0. The van der Waals surface area contributed by atoms with Gasteiger partial charge in [-0.2, -0.15) is 0 Å². The van der Waals surface area contributed by atoms with Crippen LogP contribution in [-0.4, -0.2) is 49.5 Å². The summed E-state index contributed by atoms with van der Waals surface area (Å²) >= 11 is 0. The molecule has 1 aliphatic rings. The third kappa shape index (κ3) is 5.63. The molecule has 1 fully saturated rings. The first-order chi connectivity index (χ1) is 9.87. The molecule has 0 aliphatic carbocycles. The number of nitrogens with one attached hydrogen (secondary N) is 1. The minimum atomic E-state index is -0.911. The Morgan fingerprint density at radius 2 is 1.90 bits per heavy atom. The van der Waals surface area contributed by atoms with Gasteiger partial charge in [-0.3, -0.25) is 9.59 Å². The van der Waals surface area contributed by atoms with Crippen LogP contribution in [0.25, 0.3) is 0 Å². The number of carboxylic acid groups (broad SMARTS) is 1. The molecule has 0 bridgehead atoms. The first-order valence-electron chi connectivity index (χ1n) is 7.58. The third-order valence-electron chi connectivity index (χ3n) is 3.94. The molecule has 2 N–H and O–H groups in total. The molecule has 0 saturated carbocycles. The molecule has 122 valence electrons. The summed E-state index contributed by atoms with van der Waals surface area (Å²) in [6.45, 7) is 7.37. The molecule has 1 atom stereocenters. The van der Waals surface area contributed by atoms with Gasteiger partial charge in [0.05, 0.1) is 5.41 Å². The molecule has 0 radical (unpaired) electrons. The SMILES string of the molecule is CC(C)CCOC(C)C(=O)NCC1(C(=O)O)CCOCC1. The van der Waals surface area contributed by atoms with Crippen molar-refractivity contribution in [2.75, 3.05) is 26.4 Å². The summed E-state index contributed by atoms with van der Waals surface area (Å²) in [6, 6.07) is 0. The van der Waals surface area contributed by atoms with Crippen molar-refractivity contribution in [3.63, 3.8) is 0 Å². The molecule has 0 aromatic heterocycles. The van der Waals surface area contributed by atoms with Crippen molar-refractivity contribution in [3.8, 4) is 0 Å². The molecule has 21 heavy (non-hydrogen) atoms. The summed E-state index contributed by atoms with van der Waals surface area (Å²) in [5.41, 5.74) is -0.911. The molecule has 1 rings (SSSR count). The lowest BCUT2D eigenvalue weighted by Gasteiger charge is -2.33. The zero-order chi connectivity index (χ0) is 15.9. The van der Waals surface area contributed by atoms with E-state index in [1.807, 2.05) is 0 Å². The van der Waals surface area contributed by atoms with Crippen molar-refractivity contribution >= 4 is 11.9 Å². The van der Waals surface area contributed by atoms with Crippen LogP contribution >= 0.6 is 0 Å². The van der Waals surface area contributed by atoms with E-state index in [-0.39, 0.29) is 12.5 Å². The van der Waals surface area contributed by atoms with Crippen LogP contribution in [0.2, 0.25) is 0 Å². The molecule has 1 unspecified atom stereocenters. The topological polar surface area (TPSA) is 84.9 Å². The lowest BCUT2D eigenvalue weighted by molar-refractivity contribution is -0.155. The number of hydrogen-bond donors (Lipinski definition) is 2. The van der Waals surface area contributed by atoms with E-state index in [2.05, 4.69) is 19.2 Å². The lowest BCUT2D eigenvalue weighted by atomic mass is 9.80. The predicted molar refractivity (Wildman–Crippen MR) is 78.0 cm³/mol. The maximum Gasteiger partial charge on any atom is 0.311 e. The zero-order valence-electron chi connectivity index (χ0n) is 13.2. The lowest BCUT2D eigenvalue weighted by Crippen LogP contribution is -2.48. The number of carbonyl (C=O) groups excluding carboxylic acids is 1. The van der Waals surface area contributed by atoms with Crippen LogP contribution in [0.3, 0.4) is 0 Å². The second-order valence-electron chi connectivity index (χ2n) is 6.11. The zero-order valence-corrected chi connectivity index (χ0v) is 13.2. The Morgan fingerprint density at radius 3 is 2.43 bits per heavy atom. The Labute approximate surface area is 126 Å². The largest absolute Gasteiger partial charge is 0.481 e. The minimum Gasteiger partial charge on any atom is -0.481 e. The normalized spacial score (nSPS) is 19.2. The van der Waals surface area contributed by atoms with Crippen molar-refractivity contribution in [2.45, 2.75) is 46.1 Å². The Kier molecular flexibility index (Phi) is 7.11. The Bertz CT molecular complexity index is 350. The fraction of sp³-hybridized carbons (Fsp3) is 0.867. The summed E-state index contributed by atoms with van der Waals surface area (Å²) in [7, 11) is 0. The third-order valence-corrected chi connectivity index (χ3v) is 3.94. The second kappa shape index (κ2) is 8.34. The minimum absolute atomic E-state index is 0.127. The maximum atomic E-state index is 12.0. The van der Waals surface area contributed by atoms with Gasteiger partial charge < -0.3 is 19.9 Å². The number of rotatable bonds is 8. The summed E-state index contributed by atoms with van der Waals surface area (Å²) in [4.78, 5) is 23.4. The average molecular weight is 301 g/mol. The van der Waals surface area contributed by atoms with Crippen molar-refractivity contribution in [1.29, 1.82) is 0 Å². The Hall–Kier alpha value is -1.14. The molecular formula is C15H27NO5. The number of ether oxygens (including phenoxy) is 2. The fourth-order valence-corrected chi connectivity index (χ4v) is 2.18. The number of carbonyl (C=O) groups is 2. The monoisotopic (exact) mass is 301 g/mol. The standard InChI is InChI=1S/C15H27NO5/c1-11(2)4-7-21-12(3)13(17)16-10-15(14(18)19)5-8-20-9-6-15/h11-12H,4-10H2,1-3H3,(H,16,17)(H,18,19). The summed E-state index contributed by atoms with van der Waals surface area (Å²) in [5, 5.41) is 12.1. The molecule has 0 aromatic carbocycles. The highest BCUT2D eigenvalue weighted by Gasteiger charge is 2.40. The van der Waals surface area contributed by atoms with E-state index in [1.165, 1.54) is 0 Å². The molecule has 6 nitrogen and oxygen atoms in total. The van der Waals surface area contributed by atoms with Crippen LogP contribution < -0.4 is 5.32 Å². The van der Waals surface area contributed by atoms with Gasteiger partial charge in [-0.25, -0.2) is 0 Å². The predicted octanol–water partition coefficient (Wildman–Crippen LogP) is 1.44. The number of aliphatic carboxylic acids is 1. The molecule has 0 aromatic rings. The van der Waals surface area contributed by atoms with E-state index >= 15 is 0 Å². The average Bonchev–Trinajstić information content (AvgIpc) is 2.45. The van der Waals surface area contributed by atoms with Crippen LogP contribution in [0.5, 0.6) is 0 Å². The summed E-state index contributed by atoms with van der Waals surface area (Å²) in [5.74, 6) is -0.608. The second-order valence-corrected chi connectivity index (χ2v) is 6.11. The molecule has 1 saturated heterocycles. The van der Waals surface area contributed by atoms with Crippen molar-refractivity contribution in [1.82, 2.24) is 5.32 Å². The van der Waals surface area contributed by atoms with Gasteiger partial charge in [0.2, 0.25) is 5.91 Å². The number of amides is 1. The molecule has 6 heteroatoms. The van der Waals surface area contributed by atoms with Crippen molar-refractivity contribution in [2.24, 2.45) is 11.3 Å². The van der Waals surface area contributed by atoms with Crippen LogP contribution in [0.15, 0.2) is 0 Å². The highest BCUT2D eigenvalue weighted by Crippen LogP contribution is 2.30. The number of carboxylic acids is 1. The van der Waals surface area contributed by atoms with Gasteiger partial charge in [0.15, 0.2) is 0 Å². The van der Waals surface area contributed by atoms with Gasteiger partial charge in [0.1, 0.15) is 6.10 Å². The smallest absolute Gasteiger partial charge is 0.311 e. The first kappa shape index (κ1) is 17.9. The van der Waals surface area contributed by atoms with Crippen molar-refractivity contribution in [3.05, 3.63) is 0 Å². The molecule has 1 amide bonds. The molecule has 1 aliphatic heterocycles. The quantitative estimate of drug-likeness (QED) is 0.708.